The van der Waals surface area contributed by atoms with Crippen molar-refractivity contribution < 1.29 is 19.0 Å². The van der Waals surface area contributed by atoms with Gasteiger partial charge in [0.1, 0.15) is 11.8 Å². The fourth-order valence-corrected chi connectivity index (χ4v) is 3.92. The number of halogens is 2. The molecule has 160 valence electrons. The molecule has 1 aliphatic heterocycles. The van der Waals surface area contributed by atoms with Gasteiger partial charge in [0, 0.05) is 15.7 Å². The molecule has 7 heteroatoms. The van der Waals surface area contributed by atoms with Crippen LogP contribution in [0.3, 0.4) is 0 Å². The van der Waals surface area contributed by atoms with Gasteiger partial charge in [-0.15, -0.1) is 0 Å². The first-order valence-electron chi connectivity index (χ1n) is 9.66. The average Bonchev–Trinajstić information content (AvgIpc) is 2.78. The van der Waals surface area contributed by atoms with Crippen molar-refractivity contribution in [3.63, 3.8) is 0 Å². The summed E-state index contributed by atoms with van der Waals surface area (Å²) in [7, 11) is 3.16. The number of anilines is 1. The standard InChI is InChI=1S/C24H21Cl2NO4/c1-14-4-8-17(13-19(14)26)27-22(15-5-11-20(29-2)21(12-15)30-3)23(24(27)28)31-18-9-6-16(25)7-10-18/h4-13,22-23H,1-3H3. The second-order valence-corrected chi connectivity index (χ2v) is 8.04. The number of benzene rings is 3. The predicted molar refractivity (Wildman–Crippen MR) is 122 cm³/mol. The number of hydrogen-bond donors (Lipinski definition) is 0. The first-order valence-corrected chi connectivity index (χ1v) is 10.4. The maximum absolute atomic E-state index is 13.2. The third-order valence-electron chi connectivity index (χ3n) is 5.31. The largest absolute Gasteiger partial charge is 0.493 e. The van der Waals surface area contributed by atoms with E-state index in [9.17, 15) is 4.79 Å². The molecule has 1 saturated heterocycles. The molecular formula is C24H21Cl2NO4. The number of aryl methyl sites for hydroxylation is 1. The maximum atomic E-state index is 13.2. The van der Waals surface area contributed by atoms with E-state index in [-0.39, 0.29) is 11.9 Å². The zero-order valence-electron chi connectivity index (χ0n) is 17.3. The van der Waals surface area contributed by atoms with Crippen LogP contribution in [0.1, 0.15) is 17.2 Å². The lowest BCUT2D eigenvalue weighted by Gasteiger charge is -2.46. The Morgan fingerprint density at radius 2 is 1.58 bits per heavy atom. The molecule has 5 nitrogen and oxygen atoms in total. The summed E-state index contributed by atoms with van der Waals surface area (Å²) in [6, 6.07) is 17.7. The lowest BCUT2D eigenvalue weighted by atomic mass is 9.89. The number of hydrogen-bond acceptors (Lipinski definition) is 4. The predicted octanol–water partition coefficient (Wildman–Crippen LogP) is 5.85. The molecule has 3 aromatic rings. The third kappa shape index (κ3) is 4.03. The van der Waals surface area contributed by atoms with E-state index in [1.165, 1.54) is 0 Å². The van der Waals surface area contributed by atoms with Gasteiger partial charge in [-0.1, -0.05) is 35.3 Å². The van der Waals surface area contributed by atoms with Crippen LogP contribution in [0.15, 0.2) is 60.7 Å². The molecule has 1 amide bonds. The number of amides is 1. The zero-order valence-corrected chi connectivity index (χ0v) is 18.8. The summed E-state index contributed by atoms with van der Waals surface area (Å²) in [6.45, 7) is 1.92. The van der Waals surface area contributed by atoms with E-state index in [4.69, 9.17) is 37.4 Å². The average molecular weight is 458 g/mol. The van der Waals surface area contributed by atoms with E-state index in [2.05, 4.69) is 0 Å². The molecule has 0 aromatic heterocycles. The first-order chi connectivity index (χ1) is 14.9. The molecule has 0 aliphatic carbocycles. The zero-order chi connectivity index (χ0) is 22.1. The van der Waals surface area contributed by atoms with Crippen molar-refractivity contribution in [1.29, 1.82) is 0 Å². The molecule has 2 atom stereocenters. The number of ether oxygens (including phenoxy) is 3. The fourth-order valence-electron chi connectivity index (χ4n) is 3.62. The van der Waals surface area contributed by atoms with Crippen LogP contribution in [0.2, 0.25) is 10.0 Å². The Labute approximate surface area is 191 Å². The van der Waals surface area contributed by atoms with E-state index in [1.807, 2.05) is 37.3 Å². The second-order valence-electron chi connectivity index (χ2n) is 7.19. The molecule has 0 saturated carbocycles. The summed E-state index contributed by atoms with van der Waals surface area (Å²) in [5, 5.41) is 1.19. The number of carbonyl (C=O) groups excluding carboxylic acids is 1. The molecule has 4 rings (SSSR count). The van der Waals surface area contributed by atoms with Crippen molar-refractivity contribution in [2.75, 3.05) is 19.1 Å². The molecular weight excluding hydrogens is 437 g/mol. The van der Waals surface area contributed by atoms with E-state index >= 15 is 0 Å². The Bertz CT molecular complexity index is 1120. The van der Waals surface area contributed by atoms with Crippen LogP contribution in [-0.4, -0.2) is 26.2 Å². The molecule has 0 bridgehead atoms. The topological polar surface area (TPSA) is 48.0 Å². The van der Waals surface area contributed by atoms with Gasteiger partial charge in [-0.05, 0) is 66.6 Å². The van der Waals surface area contributed by atoms with Crippen LogP contribution in [0.25, 0.3) is 0 Å². The van der Waals surface area contributed by atoms with Crippen molar-refractivity contribution >= 4 is 34.8 Å². The van der Waals surface area contributed by atoms with Crippen LogP contribution in [-0.2, 0) is 4.79 Å². The molecule has 1 heterocycles. The highest BCUT2D eigenvalue weighted by Gasteiger charge is 2.51. The molecule has 0 N–H and O–H groups in total. The van der Waals surface area contributed by atoms with Crippen LogP contribution < -0.4 is 19.1 Å². The summed E-state index contributed by atoms with van der Waals surface area (Å²) in [6.07, 6.45) is -0.709. The molecule has 2 unspecified atom stereocenters. The minimum atomic E-state index is -0.709. The van der Waals surface area contributed by atoms with E-state index in [0.717, 1.165) is 11.1 Å². The molecule has 0 radical (unpaired) electrons. The van der Waals surface area contributed by atoms with Crippen LogP contribution in [0, 0.1) is 6.92 Å². The van der Waals surface area contributed by atoms with Crippen molar-refractivity contribution in [3.8, 4) is 17.2 Å². The minimum absolute atomic E-state index is 0.158. The highest BCUT2D eigenvalue weighted by molar-refractivity contribution is 6.31. The Morgan fingerprint density at radius 3 is 2.23 bits per heavy atom. The number of nitrogens with zero attached hydrogens (tertiary/aromatic N) is 1. The van der Waals surface area contributed by atoms with Gasteiger partial charge in [0.25, 0.3) is 5.91 Å². The molecule has 1 fully saturated rings. The molecule has 31 heavy (non-hydrogen) atoms. The van der Waals surface area contributed by atoms with Crippen LogP contribution in [0.4, 0.5) is 5.69 Å². The Hall–Kier alpha value is -2.89. The smallest absolute Gasteiger partial charge is 0.271 e. The molecule has 1 aliphatic rings. The normalized spacial score (nSPS) is 17.8. The van der Waals surface area contributed by atoms with E-state index in [0.29, 0.717) is 33.0 Å². The summed E-state index contributed by atoms with van der Waals surface area (Å²) < 4.78 is 16.9. The van der Waals surface area contributed by atoms with Crippen molar-refractivity contribution in [1.82, 2.24) is 0 Å². The fraction of sp³-hybridized carbons (Fsp3) is 0.208. The van der Waals surface area contributed by atoms with Gasteiger partial charge >= 0.3 is 0 Å². The van der Waals surface area contributed by atoms with E-state index in [1.54, 1.807) is 49.5 Å². The van der Waals surface area contributed by atoms with Crippen molar-refractivity contribution in [2.45, 2.75) is 19.1 Å². The van der Waals surface area contributed by atoms with Gasteiger partial charge < -0.3 is 14.2 Å². The van der Waals surface area contributed by atoms with Gasteiger partial charge in [-0.2, -0.15) is 0 Å². The van der Waals surface area contributed by atoms with Crippen LogP contribution >= 0.6 is 23.2 Å². The Balaban J connectivity index is 1.74. The summed E-state index contributed by atoms with van der Waals surface area (Å²) in [5.74, 6) is 1.59. The monoisotopic (exact) mass is 457 g/mol. The van der Waals surface area contributed by atoms with Crippen molar-refractivity contribution in [3.05, 3.63) is 81.8 Å². The van der Waals surface area contributed by atoms with E-state index < -0.39 is 6.10 Å². The maximum Gasteiger partial charge on any atom is 0.271 e. The second kappa shape index (κ2) is 8.69. The highest BCUT2D eigenvalue weighted by atomic mass is 35.5. The van der Waals surface area contributed by atoms with Gasteiger partial charge in [0.2, 0.25) is 6.10 Å². The summed E-state index contributed by atoms with van der Waals surface area (Å²) >= 11 is 12.3. The lowest BCUT2D eigenvalue weighted by molar-refractivity contribution is -0.135. The number of rotatable bonds is 6. The minimum Gasteiger partial charge on any atom is -0.493 e. The highest BCUT2D eigenvalue weighted by Crippen LogP contribution is 2.44. The van der Waals surface area contributed by atoms with Gasteiger partial charge in [-0.25, -0.2) is 0 Å². The number of methoxy groups -OCH3 is 2. The lowest BCUT2D eigenvalue weighted by Crippen LogP contribution is -2.61. The molecule has 0 spiro atoms. The van der Waals surface area contributed by atoms with Gasteiger partial charge in [0.15, 0.2) is 11.5 Å². The molecule has 3 aromatic carbocycles. The number of carbonyl (C=O) groups is 1. The Morgan fingerprint density at radius 1 is 0.871 bits per heavy atom. The number of β-lactam (4-membered cyclic amide) rings is 1. The third-order valence-corrected chi connectivity index (χ3v) is 5.96. The van der Waals surface area contributed by atoms with Crippen molar-refractivity contribution in [2.24, 2.45) is 0 Å². The Kier molecular flexibility index (Phi) is 5.99. The summed E-state index contributed by atoms with van der Waals surface area (Å²) in [4.78, 5) is 14.9. The summed E-state index contributed by atoms with van der Waals surface area (Å²) in [5.41, 5.74) is 2.50. The van der Waals surface area contributed by atoms with Gasteiger partial charge in [-0.3, -0.25) is 9.69 Å². The van der Waals surface area contributed by atoms with Gasteiger partial charge in [0.05, 0.1) is 14.2 Å². The quantitative estimate of drug-likeness (QED) is 0.435. The van der Waals surface area contributed by atoms with Crippen LogP contribution in [0.5, 0.6) is 17.2 Å². The SMILES string of the molecule is COc1ccc(C2C(Oc3ccc(Cl)cc3)C(=O)N2c2ccc(C)c(Cl)c2)cc1OC. The first kappa shape index (κ1) is 21.3.